The molecule has 0 radical (unpaired) electrons. The molecule has 3 heteroatoms. The van der Waals surface area contributed by atoms with Crippen molar-refractivity contribution in [1.82, 2.24) is 4.98 Å². The molecule has 0 spiro atoms. The van der Waals surface area contributed by atoms with Gasteiger partial charge in [0.2, 0.25) is 0 Å². The van der Waals surface area contributed by atoms with Crippen LogP contribution in [-0.4, -0.2) is 4.98 Å². The number of hydrogen-bond acceptors (Lipinski definition) is 2. The average molecular weight is 440 g/mol. The molecular weight excluding hydrogens is 409 g/mol. The maximum Gasteiger partial charge on any atom is 0.144 e. The van der Waals surface area contributed by atoms with Crippen LogP contribution in [0.25, 0.3) is 44.0 Å². The molecule has 0 aliphatic rings. The van der Waals surface area contributed by atoms with Crippen molar-refractivity contribution in [3.8, 4) is 11.3 Å². The molecule has 168 valence electrons. The van der Waals surface area contributed by atoms with Crippen molar-refractivity contribution in [2.24, 2.45) is 5.92 Å². The molecular formula is C30H30FNO. The zero-order valence-corrected chi connectivity index (χ0v) is 20.2. The average Bonchev–Trinajstić information content (AvgIpc) is 3.08. The van der Waals surface area contributed by atoms with Crippen molar-refractivity contribution >= 4 is 32.7 Å². The zero-order chi connectivity index (χ0) is 23.5. The van der Waals surface area contributed by atoms with Crippen molar-refractivity contribution in [3.63, 3.8) is 0 Å². The van der Waals surface area contributed by atoms with Crippen LogP contribution in [-0.2, 0) is 11.8 Å². The number of halogens is 1. The highest BCUT2D eigenvalue weighted by atomic mass is 19.1. The molecule has 5 rings (SSSR count). The van der Waals surface area contributed by atoms with Gasteiger partial charge in [0.15, 0.2) is 0 Å². The Balaban J connectivity index is 1.78. The van der Waals surface area contributed by atoms with E-state index in [0.29, 0.717) is 17.1 Å². The third-order valence-corrected chi connectivity index (χ3v) is 6.34. The number of benzene rings is 3. The fraction of sp³-hybridized carbons (Fsp3) is 0.300. The summed E-state index contributed by atoms with van der Waals surface area (Å²) in [5.74, 6) is 0.377. The molecule has 2 aromatic heterocycles. The Kier molecular flexibility index (Phi) is 5.04. The smallest absolute Gasteiger partial charge is 0.144 e. The molecule has 0 bridgehead atoms. The second-order valence-electron chi connectivity index (χ2n) is 10.7. The zero-order valence-electron chi connectivity index (χ0n) is 20.2. The van der Waals surface area contributed by atoms with E-state index in [1.54, 1.807) is 0 Å². The summed E-state index contributed by atoms with van der Waals surface area (Å²) in [4.78, 5) is 4.77. The van der Waals surface area contributed by atoms with Gasteiger partial charge in [-0.05, 0) is 71.0 Å². The highest BCUT2D eigenvalue weighted by molar-refractivity contribution is 6.12. The lowest BCUT2D eigenvalue weighted by molar-refractivity contribution is 0.522. The first-order valence-corrected chi connectivity index (χ1v) is 11.7. The number of furan rings is 1. The minimum atomic E-state index is -0.292. The fourth-order valence-corrected chi connectivity index (χ4v) is 4.83. The number of aromatic nitrogens is 1. The summed E-state index contributed by atoms with van der Waals surface area (Å²) in [6, 6.07) is 16.4. The Morgan fingerprint density at radius 1 is 0.939 bits per heavy atom. The summed E-state index contributed by atoms with van der Waals surface area (Å²) in [6.45, 7) is 12.7. The van der Waals surface area contributed by atoms with Gasteiger partial charge in [-0.15, -0.1) is 0 Å². The number of pyridine rings is 1. The lowest BCUT2D eigenvalue weighted by Gasteiger charge is -2.19. The SMILES string of the molecule is Cc1cc(-c2nccc3cc(CC(C)C)ccc23)c2oc3cc(F)c(C(C)(C)C)cc3c2c1. The van der Waals surface area contributed by atoms with Crippen LogP contribution < -0.4 is 0 Å². The lowest BCUT2D eigenvalue weighted by atomic mass is 9.85. The van der Waals surface area contributed by atoms with E-state index in [1.807, 2.05) is 33.0 Å². The van der Waals surface area contributed by atoms with Crippen molar-refractivity contribution in [3.05, 3.63) is 77.2 Å². The molecule has 33 heavy (non-hydrogen) atoms. The monoisotopic (exact) mass is 439 g/mol. The van der Waals surface area contributed by atoms with Crippen molar-refractivity contribution in [2.75, 3.05) is 0 Å². The van der Waals surface area contributed by atoms with Gasteiger partial charge < -0.3 is 4.42 Å². The number of rotatable bonds is 3. The van der Waals surface area contributed by atoms with Crippen LogP contribution in [0, 0.1) is 18.7 Å². The van der Waals surface area contributed by atoms with Crippen molar-refractivity contribution < 1.29 is 8.81 Å². The van der Waals surface area contributed by atoms with E-state index in [0.717, 1.165) is 45.0 Å². The van der Waals surface area contributed by atoms with Gasteiger partial charge in [0.25, 0.3) is 0 Å². The van der Waals surface area contributed by atoms with E-state index < -0.39 is 0 Å². The molecule has 0 saturated carbocycles. The van der Waals surface area contributed by atoms with Crippen LogP contribution in [0.3, 0.4) is 0 Å². The third-order valence-electron chi connectivity index (χ3n) is 6.34. The molecule has 0 amide bonds. The van der Waals surface area contributed by atoms with E-state index in [1.165, 1.54) is 17.0 Å². The summed E-state index contributed by atoms with van der Waals surface area (Å²) >= 11 is 0. The van der Waals surface area contributed by atoms with Gasteiger partial charge in [0.1, 0.15) is 17.0 Å². The summed E-state index contributed by atoms with van der Waals surface area (Å²) in [6.07, 6.45) is 2.92. The van der Waals surface area contributed by atoms with Gasteiger partial charge in [-0.1, -0.05) is 52.8 Å². The van der Waals surface area contributed by atoms with Crippen LogP contribution in [0.15, 0.2) is 59.1 Å². The predicted octanol–water partition coefficient (Wildman–Crippen LogP) is 8.74. The second kappa shape index (κ2) is 7.69. The highest BCUT2D eigenvalue weighted by Crippen LogP contribution is 2.40. The lowest BCUT2D eigenvalue weighted by Crippen LogP contribution is -2.13. The molecule has 3 aromatic carbocycles. The molecule has 0 atom stereocenters. The Labute approximate surface area is 194 Å². The molecule has 0 fully saturated rings. The van der Waals surface area contributed by atoms with Crippen LogP contribution in [0.2, 0.25) is 0 Å². The van der Waals surface area contributed by atoms with E-state index in [-0.39, 0.29) is 11.2 Å². The van der Waals surface area contributed by atoms with Gasteiger partial charge in [-0.2, -0.15) is 0 Å². The van der Waals surface area contributed by atoms with Gasteiger partial charge in [-0.25, -0.2) is 4.39 Å². The van der Waals surface area contributed by atoms with Crippen LogP contribution in [0.1, 0.15) is 51.3 Å². The van der Waals surface area contributed by atoms with E-state index in [9.17, 15) is 4.39 Å². The molecule has 0 saturated heterocycles. The van der Waals surface area contributed by atoms with Crippen LogP contribution >= 0.6 is 0 Å². The first kappa shape index (κ1) is 21.6. The van der Waals surface area contributed by atoms with Crippen molar-refractivity contribution in [2.45, 2.75) is 53.4 Å². The minimum Gasteiger partial charge on any atom is -0.455 e. The summed E-state index contributed by atoms with van der Waals surface area (Å²) < 4.78 is 21.2. The Bertz CT molecular complexity index is 1520. The van der Waals surface area contributed by atoms with E-state index in [2.05, 4.69) is 57.2 Å². The number of fused-ring (bicyclic) bond motifs is 4. The Morgan fingerprint density at radius 3 is 2.45 bits per heavy atom. The molecule has 5 aromatic rings. The maximum absolute atomic E-state index is 14.9. The van der Waals surface area contributed by atoms with Gasteiger partial charge >= 0.3 is 0 Å². The highest BCUT2D eigenvalue weighted by Gasteiger charge is 2.23. The molecule has 2 heterocycles. The predicted molar refractivity (Wildman–Crippen MR) is 136 cm³/mol. The van der Waals surface area contributed by atoms with Gasteiger partial charge in [-0.3, -0.25) is 4.98 Å². The Hall–Kier alpha value is -3.20. The second-order valence-corrected chi connectivity index (χ2v) is 10.7. The minimum absolute atomic E-state index is 0.228. The van der Waals surface area contributed by atoms with Gasteiger partial charge in [0, 0.05) is 34.0 Å². The van der Waals surface area contributed by atoms with Crippen LogP contribution in [0.5, 0.6) is 0 Å². The fourth-order valence-electron chi connectivity index (χ4n) is 4.83. The quantitative estimate of drug-likeness (QED) is 0.281. The first-order chi connectivity index (χ1) is 15.6. The van der Waals surface area contributed by atoms with E-state index in [4.69, 9.17) is 9.40 Å². The largest absolute Gasteiger partial charge is 0.455 e. The topological polar surface area (TPSA) is 26.0 Å². The van der Waals surface area contributed by atoms with Crippen LogP contribution in [0.4, 0.5) is 4.39 Å². The maximum atomic E-state index is 14.9. The van der Waals surface area contributed by atoms with Crippen molar-refractivity contribution in [1.29, 1.82) is 0 Å². The molecule has 0 unspecified atom stereocenters. The Morgan fingerprint density at radius 2 is 1.73 bits per heavy atom. The normalized spacial score (nSPS) is 12.5. The van der Waals surface area contributed by atoms with E-state index >= 15 is 0 Å². The number of aryl methyl sites for hydroxylation is 1. The van der Waals surface area contributed by atoms with Gasteiger partial charge in [0.05, 0.1) is 5.69 Å². The molecule has 0 N–H and O–H groups in total. The number of hydrogen-bond donors (Lipinski definition) is 0. The molecule has 0 aliphatic heterocycles. The molecule has 2 nitrogen and oxygen atoms in total. The standard InChI is InChI=1S/C30H30FNO/c1-17(2)11-19-7-8-21-20(14-19)9-10-32-28(21)24-13-18(3)12-23-22-15-25(30(4,5)6)26(31)16-27(22)33-29(23)24/h7-10,12-17H,11H2,1-6H3. The summed E-state index contributed by atoms with van der Waals surface area (Å²) in [7, 11) is 0. The summed E-state index contributed by atoms with van der Waals surface area (Å²) in [5.41, 5.74) is 6.03. The first-order valence-electron chi connectivity index (χ1n) is 11.7. The molecule has 0 aliphatic carbocycles. The third kappa shape index (κ3) is 3.80. The summed E-state index contributed by atoms with van der Waals surface area (Å²) in [5, 5.41) is 4.21. The number of nitrogens with zero attached hydrogens (tertiary/aromatic N) is 1.